The maximum atomic E-state index is 13.0. The first-order valence-corrected chi connectivity index (χ1v) is 7.06. The monoisotopic (exact) mass is 297 g/mol. The second-order valence-corrected chi connectivity index (χ2v) is 5.14. The normalized spacial score (nSPS) is 10.8. The van der Waals surface area contributed by atoms with Gasteiger partial charge in [0.25, 0.3) is 0 Å². The fourth-order valence-corrected chi connectivity index (χ4v) is 2.41. The molecular weight excluding hydrogens is 281 g/mol. The predicted molar refractivity (Wildman–Crippen MR) is 82.8 cm³/mol. The van der Waals surface area contributed by atoms with Crippen molar-refractivity contribution in [3.63, 3.8) is 0 Å². The van der Waals surface area contributed by atoms with Crippen molar-refractivity contribution in [3.05, 3.63) is 65.7 Å². The maximum absolute atomic E-state index is 13.0. The van der Waals surface area contributed by atoms with Crippen LogP contribution in [0.5, 0.6) is 0 Å². The Morgan fingerprint density at radius 1 is 1.18 bits per heavy atom. The molecule has 0 unspecified atom stereocenters. The Bertz CT molecular complexity index is 808. The molecular formula is C17H16FN3O. The Labute approximate surface area is 127 Å². The molecule has 2 aromatic carbocycles. The zero-order valence-electron chi connectivity index (χ0n) is 12.2. The van der Waals surface area contributed by atoms with Crippen molar-refractivity contribution in [2.75, 3.05) is 0 Å². The van der Waals surface area contributed by atoms with Crippen LogP contribution >= 0.6 is 0 Å². The number of amides is 1. The first-order valence-electron chi connectivity index (χ1n) is 7.06. The lowest BCUT2D eigenvalue weighted by molar-refractivity contribution is -0.119. The van der Waals surface area contributed by atoms with E-state index in [0.717, 1.165) is 22.4 Å². The minimum absolute atomic E-state index is 0.0969. The molecule has 1 heterocycles. The maximum Gasteiger partial charge on any atom is 0.217 e. The molecule has 4 nitrogen and oxygen atoms in total. The first kappa shape index (κ1) is 14.3. The van der Waals surface area contributed by atoms with Crippen LogP contribution in [0.3, 0.4) is 0 Å². The van der Waals surface area contributed by atoms with Crippen molar-refractivity contribution in [2.24, 2.45) is 0 Å². The van der Waals surface area contributed by atoms with Crippen LogP contribution in [0.15, 0.2) is 48.5 Å². The Morgan fingerprint density at radius 2 is 1.91 bits per heavy atom. The van der Waals surface area contributed by atoms with Gasteiger partial charge in [0, 0.05) is 13.5 Å². The summed E-state index contributed by atoms with van der Waals surface area (Å²) >= 11 is 0. The molecule has 0 aliphatic heterocycles. The summed E-state index contributed by atoms with van der Waals surface area (Å²) in [6, 6.07) is 14.2. The number of nitrogens with zero attached hydrogens (tertiary/aromatic N) is 2. The van der Waals surface area contributed by atoms with Crippen LogP contribution in [-0.2, 0) is 17.9 Å². The van der Waals surface area contributed by atoms with Gasteiger partial charge in [-0.05, 0) is 29.8 Å². The third-order valence-corrected chi connectivity index (χ3v) is 3.48. The molecule has 0 saturated carbocycles. The van der Waals surface area contributed by atoms with E-state index >= 15 is 0 Å². The summed E-state index contributed by atoms with van der Waals surface area (Å²) in [5, 5.41) is 2.78. The van der Waals surface area contributed by atoms with Crippen molar-refractivity contribution in [1.82, 2.24) is 14.9 Å². The molecule has 0 aliphatic carbocycles. The predicted octanol–water partition coefficient (Wildman–Crippen LogP) is 2.86. The number of nitrogens with one attached hydrogen (secondary N) is 1. The molecule has 0 saturated heterocycles. The average Bonchev–Trinajstić information content (AvgIpc) is 2.85. The van der Waals surface area contributed by atoms with E-state index in [4.69, 9.17) is 0 Å². The second-order valence-electron chi connectivity index (χ2n) is 5.14. The molecule has 1 amide bonds. The Morgan fingerprint density at radius 3 is 2.64 bits per heavy atom. The topological polar surface area (TPSA) is 46.9 Å². The number of carbonyl (C=O) groups is 1. The molecule has 0 atom stereocenters. The SMILES string of the molecule is CC(=O)NCc1nc2ccccc2n1Cc1ccc(F)cc1. The van der Waals surface area contributed by atoms with E-state index in [1.807, 2.05) is 28.8 Å². The molecule has 5 heteroatoms. The van der Waals surface area contributed by atoms with E-state index in [1.54, 1.807) is 12.1 Å². The number of hydrogen-bond donors (Lipinski definition) is 1. The standard InChI is InChI=1S/C17H16FN3O/c1-12(22)19-10-17-20-15-4-2-3-5-16(15)21(17)11-13-6-8-14(18)9-7-13/h2-9H,10-11H2,1H3,(H,19,22). The summed E-state index contributed by atoms with van der Waals surface area (Å²) in [4.78, 5) is 15.7. The molecule has 0 radical (unpaired) electrons. The molecule has 0 fully saturated rings. The number of hydrogen-bond acceptors (Lipinski definition) is 2. The van der Waals surface area contributed by atoms with Crippen molar-refractivity contribution >= 4 is 16.9 Å². The zero-order chi connectivity index (χ0) is 15.5. The molecule has 22 heavy (non-hydrogen) atoms. The summed E-state index contributed by atoms with van der Waals surface area (Å²) in [5.41, 5.74) is 2.85. The lowest BCUT2D eigenvalue weighted by Gasteiger charge is -2.10. The Balaban J connectivity index is 1.99. The van der Waals surface area contributed by atoms with E-state index < -0.39 is 0 Å². The van der Waals surface area contributed by atoms with Gasteiger partial charge in [-0.15, -0.1) is 0 Å². The lowest BCUT2D eigenvalue weighted by atomic mass is 10.2. The highest BCUT2D eigenvalue weighted by Crippen LogP contribution is 2.18. The summed E-state index contributed by atoms with van der Waals surface area (Å²) in [7, 11) is 0. The van der Waals surface area contributed by atoms with Crippen LogP contribution in [0, 0.1) is 5.82 Å². The van der Waals surface area contributed by atoms with Crippen LogP contribution < -0.4 is 5.32 Å². The van der Waals surface area contributed by atoms with E-state index in [1.165, 1.54) is 19.1 Å². The van der Waals surface area contributed by atoms with Gasteiger partial charge in [0.05, 0.1) is 17.6 Å². The lowest BCUT2D eigenvalue weighted by Crippen LogP contribution is -2.21. The van der Waals surface area contributed by atoms with E-state index in [2.05, 4.69) is 10.3 Å². The number of imidazole rings is 1. The van der Waals surface area contributed by atoms with Crippen molar-refractivity contribution in [3.8, 4) is 0 Å². The van der Waals surface area contributed by atoms with Crippen LogP contribution in [0.25, 0.3) is 11.0 Å². The van der Waals surface area contributed by atoms with Gasteiger partial charge in [-0.3, -0.25) is 4.79 Å². The Kier molecular flexibility index (Phi) is 3.87. The minimum atomic E-state index is -0.252. The summed E-state index contributed by atoms with van der Waals surface area (Å²) < 4.78 is 15.1. The number of aromatic nitrogens is 2. The first-order chi connectivity index (χ1) is 10.6. The van der Waals surface area contributed by atoms with Gasteiger partial charge >= 0.3 is 0 Å². The number of halogens is 1. The minimum Gasteiger partial charge on any atom is -0.349 e. The second kappa shape index (κ2) is 5.97. The summed E-state index contributed by atoms with van der Waals surface area (Å²) in [6.45, 7) is 2.42. The molecule has 0 bridgehead atoms. The average molecular weight is 297 g/mol. The molecule has 0 aliphatic rings. The fraction of sp³-hybridized carbons (Fsp3) is 0.176. The molecule has 1 N–H and O–H groups in total. The van der Waals surface area contributed by atoms with Crippen molar-refractivity contribution in [2.45, 2.75) is 20.0 Å². The number of carbonyl (C=O) groups excluding carboxylic acids is 1. The highest BCUT2D eigenvalue weighted by Gasteiger charge is 2.11. The van der Waals surface area contributed by atoms with Gasteiger partial charge in [0.2, 0.25) is 5.91 Å². The zero-order valence-corrected chi connectivity index (χ0v) is 12.2. The van der Waals surface area contributed by atoms with Crippen LogP contribution in [0.4, 0.5) is 4.39 Å². The molecule has 0 spiro atoms. The fourth-order valence-electron chi connectivity index (χ4n) is 2.41. The number of para-hydroxylation sites is 2. The number of rotatable bonds is 4. The van der Waals surface area contributed by atoms with E-state index in [-0.39, 0.29) is 11.7 Å². The van der Waals surface area contributed by atoms with Crippen molar-refractivity contribution in [1.29, 1.82) is 0 Å². The summed E-state index contributed by atoms with van der Waals surface area (Å²) in [5.74, 6) is 0.429. The highest BCUT2D eigenvalue weighted by atomic mass is 19.1. The molecule has 3 aromatic rings. The van der Waals surface area contributed by atoms with Gasteiger partial charge < -0.3 is 9.88 Å². The van der Waals surface area contributed by atoms with Crippen LogP contribution in [-0.4, -0.2) is 15.5 Å². The molecule has 112 valence electrons. The Hall–Kier alpha value is -2.69. The van der Waals surface area contributed by atoms with Gasteiger partial charge in [-0.1, -0.05) is 24.3 Å². The van der Waals surface area contributed by atoms with Gasteiger partial charge in [0.15, 0.2) is 0 Å². The number of fused-ring (bicyclic) bond motifs is 1. The van der Waals surface area contributed by atoms with Gasteiger partial charge in [-0.2, -0.15) is 0 Å². The molecule has 3 rings (SSSR count). The number of benzene rings is 2. The van der Waals surface area contributed by atoms with Crippen LogP contribution in [0.1, 0.15) is 18.3 Å². The smallest absolute Gasteiger partial charge is 0.217 e. The van der Waals surface area contributed by atoms with Gasteiger partial charge in [0.1, 0.15) is 11.6 Å². The van der Waals surface area contributed by atoms with Gasteiger partial charge in [-0.25, -0.2) is 9.37 Å². The third kappa shape index (κ3) is 2.98. The highest BCUT2D eigenvalue weighted by molar-refractivity contribution is 5.76. The quantitative estimate of drug-likeness (QED) is 0.805. The van der Waals surface area contributed by atoms with Crippen LogP contribution in [0.2, 0.25) is 0 Å². The summed E-state index contributed by atoms with van der Waals surface area (Å²) in [6.07, 6.45) is 0. The van der Waals surface area contributed by atoms with E-state index in [0.29, 0.717) is 13.1 Å². The third-order valence-electron chi connectivity index (χ3n) is 3.48. The molecule has 1 aromatic heterocycles. The largest absolute Gasteiger partial charge is 0.349 e. The van der Waals surface area contributed by atoms with Crippen molar-refractivity contribution < 1.29 is 9.18 Å². The van der Waals surface area contributed by atoms with E-state index in [9.17, 15) is 9.18 Å².